The second kappa shape index (κ2) is 6.39. The molecule has 0 fully saturated rings. The van der Waals surface area contributed by atoms with Crippen LogP contribution in [0.25, 0.3) is 0 Å². The lowest BCUT2D eigenvalue weighted by Gasteiger charge is -2.22. The first kappa shape index (κ1) is 15.5. The van der Waals surface area contributed by atoms with Crippen molar-refractivity contribution >= 4 is 23.1 Å². The lowest BCUT2D eigenvalue weighted by molar-refractivity contribution is 0.415. The minimum absolute atomic E-state index is 0.111. The molecule has 0 aliphatic carbocycles. The van der Waals surface area contributed by atoms with E-state index >= 15 is 0 Å². The Morgan fingerprint density at radius 3 is 1.78 bits per heavy atom. The first-order valence-corrected chi connectivity index (χ1v) is 8.93. The van der Waals surface area contributed by atoms with Crippen molar-refractivity contribution in [1.29, 1.82) is 0 Å². The first-order chi connectivity index (χ1) is 11.2. The summed E-state index contributed by atoms with van der Waals surface area (Å²) in [4.78, 5) is 0. The molecule has 0 saturated heterocycles. The van der Waals surface area contributed by atoms with Crippen LogP contribution in [0.5, 0.6) is 5.75 Å². The van der Waals surface area contributed by atoms with E-state index < -0.39 is 13.0 Å². The highest BCUT2D eigenvalue weighted by Gasteiger charge is 2.35. The summed E-state index contributed by atoms with van der Waals surface area (Å²) in [5.41, 5.74) is 0. The van der Waals surface area contributed by atoms with Crippen molar-refractivity contribution in [3.8, 4) is 5.75 Å². The van der Waals surface area contributed by atoms with Crippen LogP contribution in [-0.4, -0.2) is 7.11 Å². The van der Waals surface area contributed by atoms with Gasteiger partial charge >= 0.3 is 0 Å². The molecule has 116 valence electrons. The van der Waals surface area contributed by atoms with Gasteiger partial charge < -0.3 is 9.30 Å². The van der Waals surface area contributed by atoms with E-state index in [1.807, 2.05) is 12.1 Å². The van der Waals surface area contributed by atoms with Gasteiger partial charge in [-0.15, -0.1) is 0 Å². The predicted octanol–water partition coefficient (Wildman–Crippen LogP) is 3.47. The van der Waals surface area contributed by atoms with Gasteiger partial charge in [0.15, 0.2) is 7.14 Å². The number of benzene rings is 3. The Morgan fingerprint density at radius 2 is 1.30 bits per heavy atom. The van der Waals surface area contributed by atoms with E-state index in [-0.39, 0.29) is 5.30 Å². The van der Waals surface area contributed by atoms with Crippen LogP contribution >= 0.6 is 7.14 Å². The third-order valence-electron chi connectivity index (χ3n) is 3.72. The van der Waals surface area contributed by atoms with Gasteiger partial charge in [0.25, 0.3) is 0 Å². The summed E-state index contributed by atoms with van der Waals surface area (Å²) in [6.45, 7) is 0. The minimum atomic E-state index is -3.37. The summed E-state index contributed by atoms with van der Waals surface area (Å²) in [5, 5.41) is 1.27. The van der Waals surface area contributed by atoms with Crippen LogP contribution < -0.4 is 20.7 Å². The maximum absolute atomic E-state index is 14.7. The molecule has 0 atom stereocenters. The van der Waals surface area contributed by atoms with E-state index in [9.17, 15) is 8.96 Å². The Hall–Kier alpha value is -2.38. The quantitative estimate of drug-likeness (QED) is 0.686. The van der Waals surface area contributed by atoms with E-state index in [0.29, 0.717) is 16.4 Å². The summed E-state index contributed by atoms with van der Waals surface area (Å²) < 4.78 is 34.1. The molecular formula is C19H16FO2P. The van der Waals surface area contributed by atoms with E-state index in [1.165, 1.54) is 13.2 Å². The molecular weight excluding hydrogens is 310 g/mol. The lowest BCUT2D eigenvalue weighted by atomic mass is 10.3. The van der Waals surface area contributed by atoms with E-state index in [0.717, 1.165) is 0 Å². The number of hydrogen-bond acceptors (Lipinski definition) is 2. The molecule has 3 rings (SSSR count). The largest absolute Gasteiger partial charge is 0.496 e. The maximum Gasteiger partial charge on any atom is 0.177 e. The monoisotopic (exact) mass is 326 g/mol. The highest BCUT2D eigenvalue weighted by Crippen LogP contribution is 2.45. The van der Waals surface area contributed by atoms with Gasteiger partial charge in [-0.25, -0.2) is 4.39 Å². The number of halogens is 1. The van der Waals surface area contributed by atoms with Gasteiger partial charge in [0, 0.05) is 10.6 Å². The zero-order valence-corrected chi connectivity index (χ0v) is 13.5. The third-order valence-corrected chi connectivity index (χ3v) is 6.84. The Balaban J connectivity index is 2.38. The normalized spacial score (nSPS) is 11.2. The molecule has 0 heterocycles. The highest BCUT2D eigenvalue weighted by atomic mass is 31.2. The van der Waals surface area contributed by atoms with E-state index in [1.54, 1.807) is 60.7 Å². The molecule has 0 amide bonds. The number of rotatable bonds is 4. The summed E-state index contributed by atoms with van der Waals surface area (Å²) in [5.74, 6) is -0.235. The molecule has 0 unspecified atom stereocenters. The van der Waals surface area contributed by atoms with Gasteiger partial charge in [-0.05, 0) is 12.1 Å². The zero-order chi connectivity index (χ0) is 16.3. The van der Waals surface area contributed by atoms with Gasteiger partial charge in [0.1, 0.15) is 11.6 Å². The molecule has 4 heteroatoms. The topological polar surface area (TPSA) is 26.3 Å². The first-order valence-electron chi connectivity index (χ1n) is 7.22. The maximum atomic E-state index is 14.7. The van der Waals surface area contributed by atoms with Crippen molar-refractivity contribution in [2.24, 2.45) is 0 Å². The standard InChI is InChI=1S/C19H16FO2P/c1-22-18-14-8-13-17(20)19(18)23(21,15-9-4-2-5-10-15)16-11-6-3-7-12-16/h2-14H,1H3. The molecule has 3 aromatic carbocycles. The van der Waals surface area contributed by atoms with E-state index in [4.69, 9.17) is 4.74 Å². The zero-order valence-electron chi connectivity index (χ0n) is 12.6. The average Bonchev–Trinajstić information content (AvgIpc) is 2.62. The van der Waals surface area contributed by atoms with Crippen molar-refractivity contribution in [3.63, 3.8) is 0 Å². The van der Waals surface area contributed by atoms with Crippen LogP contribution in [0, 0.1) is 5.82 Å². The van der Waals surface area contributed by atoms with E-state index in [2.05, 4.69) is 0 Å². The number of ether oxygens (including phenoxy) is 1. The Kier molecular flexibility index (Phi) is 4.31. The fourth-order valence-corrected chi connectivity index (χ4v) is 5.50. The van der Waals surface area contributed by atoms with Crippen LogP contribution in [0.4, 0.5) is 4.39 Å². The molecule has 0 saturated carbocycles. The van der Waals surface area contributed by atoms with Crippen molar-refractivity contribution in [3.05, 3.63) is 84.7 Å². The van der Waals surface area contributed by atoms with Crippen LogP contribution in [0.3, 0.4) is 0 Å². The third kappa shape index (κ3) is 2.69. The van der Waals surface area contributed by atoms with Gasteiger partial charge in [-0.3, -0.25) is 0 Å². The molecule has 0 spiro atoms. The SMILES string of the molecule is COc1cccc(F)c1P(=O)(c1ccccc1)c1ccccc1. The molecule has 0 N–H and O–H groups in total. The summed E-state index contributed by atoms with van der Waals surface area (Å²) in [6.07, 6.45) is 0. The van der Waals surface area contributed by atoms with Crippen molar-refractivity contribution in [1.82, 2.24) is 0 Å². The molecule has 3 aromatic rings. The summed E-state index contributed by atoms with van der Waals surface area (Å²) >= 11 is 0. The summed E-state index contributed by atoms with van der Waals surface area (Å²) in [6, 6.07) is 22.5. The van der Waals surface area contributed by atoms with Crippen LogP contribution in [0.1, 0.15) is 0 Å². The number of methoxy groups -OCH3 is 1. The summed E-state index contributed by atoms with van der Waals surface area (Å²) in [7, 11) is -1.91. The smallest absolute Gasteiger partial charge is 0.177 e. The molecule has 0 aliphatic rings. The lowest BCUT2D eigenvalue weighted by Crippen LogP contribution is -2.28. The Morgan fingerprint density at radius 1 is 0.783 bits per heavy atom. The Labute approximate surface area is 134 Å². The second-order valence-electron chi connectivity index (χ2n) is 5.07. The van der Waals surface area contributed by atoms with Crippen molar-refractivity contribution < 1.29 is 13.7 Å². The second-order valence-corrected chi connectivity index (χ2v) is 7.77. The van der Waals surface area contributed by atoms with Crippen LogP contribution in [0.2, 0.25) is 0 Å². The minimum Gasteiger partial charge on any atom is -0.496 e. The van der Waals surface area contributed by atoms with Crippen molar-refractivity contribution in [2.75, 3.05) is 7.11 Å². The molecule has 2 nitrogen and oxygen atoms in total. The van der Waals surface area contributed by atoms with Crippen LogP contribution in [-0.2, 0) is 4.57 Å². The molecule has 23 heavy (non-hydrogen) atoms. The Bertz CT molecular complexity index is 804. The molecule has 0 aromatic heterocycles. The number of hydrogen-bond donors (Lipinski definition) is 0. The van der Waals surface area contributed by atoms with Gasteiger partial charge in [0.2, 0.25) is 0 Å². The van der Waals surface area contributed by atoms with Gasteiger partial charge in [0.05, 0.1) is 12.4 Å². The molecule has 0 aliphatic heterocycles. The fourth-order valence-electron chi connectivity index (χ4n) is 2.65. The highest BCUT2D eigenvalue weighted by molar-refractivity contribution is 7.85. The van der Waals surface area contributed by atoms with Gasteiger partial charge in [-0.2, -0.15) is 0 Å². The molecule has 0 radical (unpaired) electrons. The van der Waals surface area contributed by atoms with Gasteiger partial charge in [-0.1, -0.05) is 66.7 Å². The molecule has 0 bridgehead atoms. The predicted molar refractivity (Wildman–Crippen MR) is 92.3 cm³/mol. The fraction of sp³-hybridized carbons (Fsp3) is 0.0526. The van der Waals surface area contributed by atoms with Crippen molar-refractivity contribution in [2.45, 2.75) is 0 Å². The van der Waals surface area contributed by atoms with Crippen LogP contribution in [0.15, 0.2) is 78.9 Å². The average molecular weight is 326 g/mol.